The zero-order chi connectivity index (χ0) is 11.7. The standard InChI is InChI=1S/C12H24O3/c1-3-5-6-7-8-9-10-11(4-2)12(13,14)15/h4,11,13-15H,2-3,5-10H2,1H3. The first-order valence-corrected chi connectivity index (χ1v) is 5.82. The lowest BCUT2D eigenvalue weighted by Crippen LogP contribution is -2.36. The summed E-state index contributed by atoms with van der Waals surface area (Å²) in [6.45, 7) is 5.65. The van der Waals surface area contributed by atoms with Gasteiger partial charge in [-0.25, -0.2) is 0 Å². The maximum atomic E-state index is 8.96. The van der Waals surface area contributed by atoms with Crippen molar-refractivity contribution >= 4 is 0 Å². The smallest absolute Gasteiger partial charge is 0.281 e. The van der Waals surface area contributed by atoms with Crippen molar-refractivity contribution < 1.29 is 15.3 Å². The van der Waals surface area contributed by atoms with E-state index in [1.165, 1.54) is 31.8 Å². The minimum Gasteiger partial charge on any atom is -0.343 e. The zero-order valence-corrected chi connectivity index (χ0v) is 9.65. The Hall–Kier alpha value is -0.380. The molecule has 0 amide bonds. The third kappa shape index (κ3) is 7.54. The van der Waals surface area contributed by atoms with Gasteiger partial charge < -0.3 is 15.3 Å². The largest absolute Gasteiger partial charge is 0.343 e. The Kier molecular flexibility index (Phi) is 7.65. The van der Waals surface area contributed by atoms with Crippen LogP contribution < -0.4 is 0 Å². The van der Waals surface area contributed by atoms with Crippen LogP contribution in [-0.4, -0.2) is 21.3 Å². The van der Waals surface area contributed by atoms with E-state index < -0.39 is 11.9 Å². The quantitative estimate of drug-likeness (QED) is 0.314. The zero-order valence-electron chi connectivity index (χ0n) is 9.65. The predicted octanol–water partition coefficient (Wildman–Crippen LogP) is 2.17. The molecule has 0 aliphatic heterocycles. The highest BCUT2D eigenvalue weighted by Gasteiger charge is 2.28. The molecule has 0 aliphatic rings. The van der Waals surface area contributed by atoms with E-state index in [9.17, 15) is 0 Å². The molecule has 0 bridgehead atoms. The minimum atomic E-state index is -2.61. The third-order valence-corrected chi connectivity index (χ3v) is 2.65. The summed E-state index contributed by atoms with van der Waals surface area (Å²) in [6, 6.07) is 0. The van der Waals surface area contributed by atoms with Gasteiger partial charge in [-0.3, -0.25) is 0 Å². The van der Waals surface area contributed by atoms with Crippen LogP contribution in [0.2, 0.25) is 0 Å². The number of hydrogen-bond acceptors (Lipinski definition) is 3. The molecule has 0 rings (SSSR count). The van der Waals surface area contributed by atoms with Gasteiger partial charge in [0.1, 0.15) is 0 Å². The van der Waals surface area contributed by atoms with E-state index >= 15 is 0 Å². The fraction of sp³-hybridized carbons (Fsp3) is 0.833. The average molecular weight is 216 g/mol. The molecule has 0 aromatic rings. The highest BCUT2D eigenvalue weighted by Crippen LogP contribution is 2.20. The molecule has 0 aromatic carbocycles. The van der Waals surface area contributed by atoms with Crippen molar-refractivity contribution in [3.05, 3.63) is 12.7 Å². The van der Waals surface area contributed by atoms with Crippen molar-refractivity contribution in [3.8, 4) is 0 Å². The van der Waals surface area contributed by atoms with E-state index in [0.717, 1.165) is 12.8 Å². The summed E-state index contributed by atoms with van der Waals surface area (Å²) in [4.78, 5) is 0. The van der Waals surface area contributed by atoms with Crippen LogP contribution in [-0.2, 0) is 0 Å². The van der Waals surface area contributed by atoms with E-state index in [1.807, 2.05) is 0 Å². The summed E-state index contributed by atoms with van der Waals surface area (Å²) in [5.41, 5.74) is 0. The van der Waals surface area contributed by atoms with Crippen molar-refractivity contribution in [3.63, 3.8) is 0 Å². The monoisotopic (exact) mass is 216 g/mol. The minimum absolute atomic E-state index is 0.569. The van der Waals surface area contributed by atoms with Crippen LogP contribution in [0.15, 0.2) is 12.7 Å². The van der Waals surface area contributed by atoms with Crippen molar-refractivity contribution in [1.82, 2.24) is 0 Å². The SMILES string of the molecule is C=CC(CCCCCCCC)C(O)(O)O. The molecule has 0 saturated heterocycles. The van der Waals surface area contributed by atoms with Crippen LogP contribution in [0.3, 0.4) is 0 Å². The van der Waals surface area contributed by atoms with Crippen molar-refractivity contribution in [2.24, 2.45) is 5.92 Å². The second-order valence-electron chi connectivity index (χ2n) is 4.09. The lowest BCUT2D eigenvalue weighted by molar-refractivity contribution is -0.334. The molecule has 0 aliphatic carbocycles. The predicted molar refractivity (Wildman–Crippen MR) is 61.1 cm³/mol. The second-order valence-corrected chi connectivity index (χ2v) is 4.09. The molecule has 3 N–H and O–H groups in total. The van der Waals surface area contributed by atoms with E-state index in [1.54, 1.807) is 0 Å². The van der Waals surface area contributed by atoms with Gasteiger partial charge in [-0.1, -0.05) is 51.5 Å². The molecule has 0 heterocycles. The normalized spacial score (nSPS) is 13.9. The molecule has 15 heavy (non-hydrogen) atoms. The molecule has 0 radical (unpaired) electrons. The number of hydrogen-bond donors (Lipinski definition) is 3. The summed E-state index contributed by atoms with van der Waals surface area (Å²) < 4.78 is 0. The Morgan fingerprint density at radius 1 is 1.07 bits per heavy atom. The maximum Gasteiger partial charge on any atom is 0.281 e. The van der Waals surface area contributed by atoms with Crippen LogP contribution >= 0.6 is 0 Å². The van der Waals surface area contributed by atoms with Gasteiger partial charge in [0.05, 0.1) is 5.92 Å². The summed E-state index contributed by atoms with van der Waals surface area (Å²) in [5, 5.41) is 26.9. The summed E-state index contributed by atoms with van der Waals surface area (Å²) in [6.07, 6.45) is 8.82. The lowest BCUT2D eigenvalue weighted by atomic mass is 9.98. The van der Waals surface area contributed by atoms with Crippen LogP contribution in [0.1, 0.15) is 51.9 Å². The maximum absolute atomic E-state index is 8.96. The van der Waals surface area contributed by atoms with Crippen molar-refractivity contribution in [2.45, 2.75) is 57.8 Å². The molecular weight excluding hydrogens is 192 g/mol. The Balaban J connectivity index is 3.52. The molecule has 1 unspecified atom stereocenters. The summed E-state index contributed by atoms with van der Waals surface area (Å²) in [7, 11) is 0. The molecule has 0 fully saturated rings. The first-order chi connectivity index (χ1) is 7.02. The van der Waals surface area contributed by atoms with Gasteiger partial charge in [-0.2, -0.15) is 0 Å². The van der Waals surface area contributed by atoms with Gasteiger partial charge in [0, 0.05) is 0 Å². The topological polar surface area (TPSA) is 60.7 Å². The molecular formula is C12H24O3. The molecule has 3 nitrogen and oxygen atoms in total. The third-order valence-electron chi connectivity index (χ3n) is 2.65. The van der Waals surface area contributed by atoms with Crippen molar-refractivity contribution in [1.29, 1.82) is 0 Å². The highest BCUT2D eigenvalue weighted by molar-refractivity contribution is 4.83. The molecule has 0 spiro atoms. The second kappa shape index (κ2) is 7.85. The number of rotatable bonds is 9. The number of unbranched alkanes of at least 4 members (excludes halogenated alkanes) is 5. The van der Waals surface area contributed by atoms with Gasteiger partial charge in [0.25, 0.3) is 5.97 Å². The molecule has 3 heteroatoms. The average Bonchev–Trinajstić information content (AvgIpc) is 2.15. The van der Waals surface area contributed by atoms with Crippen LogP contribution in [0.5, 0.6) is 0 Å². The van der Waals surface area contributed by atoms with Gasteiger partial charge in [-0.05, 0) is 6.42 Å². The van der Waals surface area contributed by atoms with E-state index in [4.69, 9.17) is 15.3 Å². The van der Waals surface area contributed by atoms with E-state index in [-0.39, 0.29) is 0 Å². The van der Waals surface area contributed by atoms with Crippen LogP contribution in [0, 0.1) is 5.92 Å². The molecule has 0 aromatic heterocycles. The fourth-order valence-electron chi connectivity index (χ4n) is 1.61. The summed E-state index contributed by atoms with van der Waals surface area (Å²) >= 11 is 0. The van der Waals surface area contributed by atoms with Crippen LogP contribution in [0.25, 0.3) is 0 Å². The number of aliphatic hydroxyl groups is 3. The first-order valence-electron chi connectivity index (χ1n) is 5.82. The van der Waals surface area contributed by atoms with Crippen LogP contribution in [0.4, 0.5) is 0 Å². The molecule has 90 valence electrons. The van der Waals surface area contributed by atoms with E-state index in [0.29, 0.717) is 6.42 Å². The van der Waals surface area contributed by atoms with Gasteiger partial charge in [0.2, 0.25) is 0 Å². The fourth-order valence-corrected chi connectivity index (χ4v) is 1.61. The molecule has 0 saturated carbocycles. The Labute approximate surface area is 92.4 Å². The molecule has 1 atom stereocenters. The van der Waals surface area contributed by atoms with E-state index in [2.05, 4.69) is 13.5 Å². The van der Waals surface area contributed by atoms with Gasteiger partial charge in [-0.15, -0.1) is 6.58 Å². The van der Waals surface area contributed by atoms with Crippen molar-refractivity contribution in [2.75, 3.05) is 0 Å². The van der Waals surface area contributed by atoms with Gasteiger partial charge in [0.15, 0.2) is 0 Å². The first kappa shape index (κ1) is 14.6. The Bertz CT molecular complexity index is 161. The Morgan fingerprint density at radius 3 is 2.07 bits per heavy atom. The lowest BCUT2D eigenvalue weighted by Gasteiger charge is -2.22. The highest BCUT2D eigenvalue weighted by atomic mass is 16.7. The Morgan fingerprint density at radius 2 is 1.60 bits per heavy atom. The van der Waals surface area contributed by atoms with Gasteiger partial charge >= 0.3 is 0 Å². The summed E-state index contributed by atoms with van der Waals surface area (Å²) in [5.74, 6) is -3.26.